The molecule has 0 saturated heterocycles. The van der Waals surface area contributed by atoms with Crippen LogP contribution in [0.2, 0.25) is 0 Å². The van der Waals surface area contributed by atoms with Gasteiger partial charge in [0.1, 0.15) is 22.7 Å². The van der Waals surface area contributed by atoms with Crippen molar-refractivity contribution in [1.82, 2.24) is 29.8 Å². The van der Waals surface area contributed by atoms with Crippen LogP contribution >= 0.6 is 0 Å². The minimum absolute atomic E-state index is 0.135. The molecule has 3 N–H and O–H groups in total. The molecule has 196 valence electrons. The fraction of sp³-hybridized carbons (Fsp3) is 0.0800. The smallest absolute Gasteiger partial charge is 0.435 e. The molecule has 6 rings (SSSR count). The highest BCUT2D eigenvalue weighted by Gasteiger charge is 2.40. The molecule has 0 radical (unpaired) electrons. The number of nitrogens with one attached hydrogen (secondary N) is 3. The molecule has 4 aromatic heterocycles. The number of aromatic nitrogens is 6. The number of rotatable bonds is 5. The molecule has 1 amide bonds. The molecule has 0 aliphatic rings. The van der Waals surface area contributed by atoms with E-state index in [1.807, 2.05) is 0 Å². The first-order valence-electron chi connectivity index (χ1n) is 11.3. The number of carbonyl (C=O) groups is 1. The van der Waals surface area contributed by atoms with Crippen LogP contribution in [0.25, 0.3) is 39.3 Å². The summed E-state index contributed by atoms with van der Waals surface area (Å²) in [6.45, 7) is 0. The van der Waals surface area contributed by atoms with Gasteiger partial charge in [-0.1, -0.05) is 36.4 Å². The van der Waals surface area contributed by atoms with Gasteiger partial charge in [-0.2, -0.15) is 27.9 Å². The Kier molecular flexibility index (Phi) is 5.45. The number of hydrogen-bond donors (Lipinski definition) is 3. The van der Waals surface area contributed by atoms with Crippen molar-refractivity contribution in [2.24, 2.45) is 0 Å². The molecule has 0 aliphatic heterocycles. The molecule has 0 atom stereocenters. The number of anilines is 1. The Balaban J connectivity index is 1.69. The summed E-state index contributed by atoms with van der Waals surface area (Å²) >= 11 is 0. The van der Waals surface area contributed by atoms with Crippen LogP contribution < -0.4 is 15.6 Å². The Hall–Kier alpha value is -5.40. The van der Waals surface area contributed by atoms with Crippen LogP contribution in [0, 0.1) is 0 Å². The fourth-order valence-electron chi connectivity index (χ4n) is 4.23. The standard InChI is InChI=1S/C25H16F3N7O4/c1-38-14-8-5-9-15-18(14)33-23(39-15)17-19(22(36)31-13-10-29-30-11-13)32-21-16(12-6-3-2-4-7-12)20(25(26,27)28)34-35(21)24(17)37/h2-11,32H,1H3,(H,29,30)(H,31,36). The summed E-state index contributed by atoms with van der Waals surface area (Å²) in [5, 5.41) is 12.4. The lowest BCUT2D eigenvalue weighted by atomic mass is 10.1. The van der Waals surface area contributed by atoms with Crippen LogP contribution in [0.15, 0.2) is 70.1 Å². The maximum absolute atomic E-state index is 14.1. The van der Waals surface area contributed by atoms with E-state index >= 15 is 0 Å². The van der Waals surface area contributed by atoms with Gasteiger partial charge in [0.05, 0.1) is 24.6 Å². The SMILES string of the molecule is COc1cccc2oc(-c3c(C(=O)Nc4cn[nH]c4)[nH]c4c(-c5ccccc5)c(C(F)(F)F)nn4c3=O)nc12. The number of benzene rings is 2. The van der Waals surface area contributed by atoms with E-state index in [0.717, 1.165) is 0 Å². The molecule has 0 unspecified atom stereocenters. The highest BCUT2D eigenvalue weighted by Crippen LogP contribution is 2.39. The number of oxazole rings is 1. The van der Waals surface area contributed by atoms with Crippen LogP contribution in [-0.4, -0.2) is 42.8 Å². The van der Waals surface area contributed by atoms with Gasteiger partial charge in [-0.3, -0.25) is 14.7 Å². The van der Waals surface area contributed by atoms with Crippen LogP contribution in [0.1, 0.15) is 16.2 Å². The monoisotopic (exact) mass is 535 g/mol. The van der Waals surface area contributed by atoms with Crippen LogP contribution in [0.4, 0.5) is 18.9 Å². The number of para-hydroxylation sites is 1. The third-order valence-corrected chi connectivity index (χ3v) is 5.91. The van der Waals surface area contributed by atoms with Crippen molar-refractivity contribution in [3.8, 4) is 28.3 Å². The van der Waals surface area contributed by atoms with Gasteiger partial charge in [0.2, 0.25) is 5.89 Å². The highest BCUT2D eigenvalue weighted by atomic mass is 19.4. The van der Waals surface area contributed by atoms with Crippen molar-refractivity contribution >= 4 is 28.3 Å². The average Bonchev–Trinajstić information content (AvgIpc) is 3.67. The predicted octanol–water partition coefficient (Wildman–Crippen LogP) is 4.50. The van der Waals surface area contributed by atoms with E-state index in [0.29, 0.717) is 10.3 Å². The Bertz CT molecular complexity index is 1910. The maximum atomic E-state index is 14.1. The van der Waals surface area contributed by atoms with E-state index in [2.05, 4.69) is 30.6 Å². The molecule has 14 heteroatoms. The average molecular weight is 535 g/mol. The van der Waals surface area contributed by atoms with E-state index in [1.165, 1.54) is 31.6 Å². The zero-order valence-electron chi connectivity index (χ0n) is 19.8. The molecular weight excluding hydrogens is 519 g/mol. The van der Waals surface area contributed by atoms with Gasteiger partial charge >= 0.3 is 6.18 Å². The largest absolute Gasteiger partial charge is 0.494 e. The first kappa shape index (κ1) is 24.0. The number of hydrogen-bond acceptors (Lipinski definition) is 7. The summed E-state index contributed by atoms with van der Waals surface area (Å²) in [4.78, 5) is 34.2. The number of aromatic amines is 2. The van der Waals surface area contributed by atoms with Gasteiger partial charge in [0, 0.05) is 6.20 Å². The zero-order chi connectivity index (χ0) is 27.3. The van der Waals surface area contributed by atoms with Crippen molar-refractivity contribution in [1.29, 1.82) is 0 Å². The minimum Gasteiger partial charge on any atom is -0.494 e. The van der Waals surface area contributed by atoms with Crippen molar-refractivity contribution in [2.45, 2.75) is 6.18 Å². The molecule has 0 spiro atoms. The van der Waals surface area contributed by atoms with E-state index in [9.17, 15) is 22.8 Å². The third-order valence-electron chi connectivity index (χ3n) is 5.91. The van der Waals surface area contributed by atoms with Gasteiger partial charge in [-0.05, 0) is 17.7 Å². The number of ether oxygens (including phenoxy) is 1. The number of halogens is 3. The second-order valence-corrected chi connectivity index (χ2v) is 8.30. The summed E-state index contributed by atoms with van der Waals surface area (Å²) in [5.41, 5.74) is -3.07. The zero-order valence-corrected chi connectivity index (χ0v) is 19.8. The molecule has 6 aromatic rings. The van der Waals surface area contributed by atoms with Crippen LogP contribution in [-0.2, 0) is 6.18 Å². The normalized spacial score (nSPS) is 11.8. The fourth-order valence-corrected chi connectivity index (χ4v) is 4.23. The summed E-state index contributed by atoms with van der Waals surface area (Å²) < 4.78 is 54.0. The van der Waals surface area contributed by atoms with Gasteiger partial charge in [0.15, 0.2) is 16.8 Å². The molecule has 2 aromatic carbocycles. The molecule has 0 fully saturated rings. The number of methoxy groups -OCH3 is 1. The van der Waals surface area contributed by atoms with E-state index in [4.69, 9.17) is 9.15 Å². The second-order valence-electron chi connectivity index (χ2n) is 8.30. The van der Waals surface area contributed by atoms with Crippen LogP contribution in [0.3, 0.4) is 0 Å². The van der Waals surface area contributed by atoms with Gasteiger partial charge in [-0.25, -0.2) is 4.98 Å². The third kappa shape index (κ3) is 3.98. The first-order chi connectivity index (χ1) is 18.8. The Labute approximate surface area is 215 Å². The molecule has 11 nitrogen and oxygen atoms in total. The number of carbonyl (C=O) groups excluding carboxylic acids is 1. The van der Waals surface area contributed by atoms with Crippen LogP contribution in [0.5, 0.6) is 5.75 Å². The number of alkyl halides is 3. The topological polar surface area (TPSA) is 143 Å². The van der Waals surface area contributed by atoms with Gasteiger partial charge in [-0.15, -0.1) is 0 Å². The summed E-state index contributed by atoms with van der Waals surface area (Å²) in [5.74, 6) is -0.844. The van der Waals surface area contributed by atoms with Gasteiger partial charge < -0.3 is 19.5 Å². The summed E-state index contributed by atoms with van der Waals surface area (Å²) in [7, 11) is 1.42. The van der Waals surface area contributed by atoms with E-state index in [1.54, 1.807) is 36.4 Å². The number of nitrogens with zero attached hydrogens (tertiary/aromatic N) is 4. The molecular formula is C25H16F3N7O4. The highest BCUT2D eigenvalue weighted by molar-refractivity contribution is 6.07. The van der Waals surface area contributed by atoms with Crippen molar-refractivity contribution < 1.29 is 27.1 Å². The maximum Gasteiger partial charge on any atom is 0.435 e. The first-order valence-corrected chi connectivity index (χ1v) is 11.3. The second kappa shape index (κ2) is 8.86. The van der Waals surface area contributed by atoms with E-state index in [-0.39, 0.29) is 33.9 Å². The quantitative estimate of drug-likeness (QED) is 0.295. The van der Waals surface area contributed by atoms with Crippen molar-refractivity contribution in [2.75, 3.05) is 12.4 Å². The minimum atomic E-state index is -4.91. The van der Waals surface area contributed by atoms with Crippen molar-refractivity contribution in [3.63, 3.8) is 0 Å². The summed E-state index contributed by atoms with van der Waals surface area (Å²) in [6, 6.07) is 12.4. The summed E-state index contributed by atoms with van der Waals surface area (Å²) in [6.07, 6.45) is -2.22. The molecule has 4 heterocycles. The van der Waals surface area contributed by atoms with E-state index < -0.39 is 40.2 Å². The molecule has 0 bridgehead atoms. The molecule has 0 saturated carbocycles. The van der Waals surface area contributed by atoms with Gasteiger partial charge in [0.25, 0.3) is 11.5 Å². The number of H-pyrrole nitrogens is 2. The predicted molar refractivity (Wildman–Crippen MR) is 132 cm³/mol. The lowest BCUT2D eigenvalue weighted by Crippen LogP contribution is -2.25. The lowest BCUT2D eigenvalue weighted by Gasteiger charge is -2.09. The molecule has 0 aliphatic carbocycles. The lowest BCUT2D eigenvalue weighted by molar-refractivity contribution is -0.140. The number of fused-ring (bicyclic) bond motifs is 2. The number of amides is 1. The Morgan fingerprint density at radius 2 is 1.90 bits per heavy atom. The van der Waals surface area contributed by atoms with Crippen molar-refractivity contribution in [3.05, 3.63) is 82.7 Å². The Morgan fingerprint density at radius 3 is 2.59 bits per heavy atom. The Morgan fingerprint density at radius 1 is 1.10 bits per heavy atom. The molecule has 39 heavy (non-hydrogen) atoms.